The van der Waals surface area contributed by atoms with Crippen LogP contribution in [0.1, 0.15) is 0 Å². The van der Waals surface area contributed by atoms with Crippen molar-refractivity contribution < 1.29 is 0 Å². The molecular formula is C14H14. The Kier molecular flexibility index (Phi) is 4.22. The Hall–Kier alpha value is -1.82. The molecule has 1 aliphatic rings. The Morgan fingerprint density at radius 3 is 1.43 bits per heavy atom. The van der Waals surface area contributed by atoms with E-state index in [4.69, 9.17) is 0 Å². The zero-order valence-electron chi connectivity index (χ0n) is 8.19. The molecule has 0 atom stereocenters. The monoisotopic (exact) mass is 182 g/mol. The second-order valence-corrected chi connectivity index (χ2v) is 2.82. The lowest BCUT2D eigenvalue weighted by molar-refractivity contribution is 1.45. The van der Waals surface area contributed by atoms with Gasteiger partial charge >= 0.3 is 0 Å². The van der Waals surface area contributed by atoms with E-state index in [0.717, 1.165) is 0 Å². The van der Waals surface area contributed by atoms with Gasteiger partial charge in [0.15, 0.2) is 0 Å². The predicted octanol–water partition coefficient (Wildman–Crippen LogP) is 3.89. The number of hydrogen-bond acceptors (Lipinski definition) is 0. The molecule has 0 nitrogen and oxygen atoms in total. The first kappa shape index (κ1) is 10.3. The lowest BCUT2D eigenvalue weighted by Crippen LogP contribution is -1.91. The van der Waals surface area contributed by atoms with Crippen molar-refractivity contribution in [3.8, 4) is 0 Å². The molecule has 0 saturated carbocycles. The summed E-state index contributed by atoms with van der Waals surface area (Å²) in [6.07, 6.45) is 19.6. The number of rotatable bonds is 4. The van der Waals surface area contributed by atoms with Crippen LogP contribution in [0, 0.1) is 0 Å². The van der Waals surface area contributed by atoms with Crippen LogP contribution in [0.25, 0.3) is 0 Å². The third-order valence-electron chi connectivity index (χ3n) is 1.82. The molecule has 70 valence electrons. The maximum Gasteiger partial charge on any atom is -0.0184 e. The first-order valence-electron chi connectivity index (χ1n) is 4.55. The molecule has 1 aliphatic carbocycles. The maximum atomic E-state index is 3.61. The molecule has 0 amide bonds. The highest BCUT2D eigenvalue weighted by Crippen LogP contribution is 2.23. The summed E-state index contributed by atoms with van der Waals surface area (Å²) in [5, 5.41) is 0. The topological polar surface area (TPSA) is 0 Å². The second-order valence-electron chi connectivity index (χ2n) is 2.82. The van der Waals surface area contributed by atoms with Gasteiger partial charge in [-0.1, -0.05) is 73.9 Å². The second kappa shape index (κ2) is 5.76. The molecule has 0 radical (unpaired) electrons. The summed E-state index contributed by atoms with van der Waals surface area (Å²) < 4.78 is 0. The zero-order chi connectivity index (χ0) is 10.2. The van der Waals surface area contributed by atoms with Crippen LogP contribution in [0.15, 0.2) is 85.1 Å². The van der Waals surface area contributed by atoms with Crippen molar-refractivity contribution in [1.82, 2.24) is 0 Å². The van der Waals surface area contributed by atoms with E-state index in [0.29, 0.717) is 0 Å². The first-order valence-corrected chi connectivity index (χ1v) is 4.55. The molecule has 0 saturated heterocycles. The minimum absolute atomic E-state index is 1.25. The largest absolute Gasteiger partial charge is 0.0991 e. The van der Waals surface area contributed by atoms with Gasteiger partial charge < -0.3 is 0 Å². The van der Waals surface area contributed by atoms with E-state index < -0.39 is 0 Å². The highest BCUT2D eigenvalue weighted by molar-refractivity contribution is 5.59. The molecule has 0 spiro atoms. The molecule has 0 heterocycles. The summed E-state index contributed by atoms with van der Waals surface area (Å²) in [4.78, 5) is 0. The Balaban J connectivity index is 2.64. The van der Waals surface area contributed by atoms with E-state index in [1.54, 1.807) is 12.2 Å². The number of hydrogen-bond donors (Lipinski definition) is 0. The smallest absolute Gasteiger partial charge is 0.0184 e. The van der Waals surface area contributed by atoms with Gasteiger partial charge in [-0.3, -0.25) is 0 Å². The van der Waals surface area contributed by atoms with E-state index in [-0.39, 0.29) is 0 Å². The summed E-state index contributed by atoms with van der Waals surface area (Å²) in [5.74, 6) is 0. The summed E-state index contributed by atoms with van der Waals surface area (Å²) in [6.45, 7) is 7.22. The lowest BCUT2D eigenvalue weighted by Gasteiger charge is -2.10. The fourth-order valence-electron chi connectivity index (χ4n) is 1.05. The molecule has 0 aromatic heterocycles. The standard InChI is InChI=1S/C14H14/c1-3-5-7-9-13-11-12-14(13)10-8-6-4-2/h3-12H,1-2H2. The number of allylic oxidation sites excluding steroid dienone is 12. The van der Waals surface area contributed by atoms with Crippen LogP contribution in [0.5, 0.6) is 0 Å². The van der Waals surface area contributed by atoms with Gasteiger partial charge in [-0.2, -0.15) is 0 Å². The molecule has 0 aromatic carbocycles. The van der Waals surface area contributed by atoms with Crippen molar-refractivity contribution in [2.45, 2.75) is 0 Å². The summed E-state index contributed by atoms with van der Waals surface area (Å²) in [5.41, 5.74) is 2.49. The van der Waals surface area contributed by atoms with E-state index in [2.05, 4.69) is 37.5 Å². The van der Waals surface area contributed by atoms with E-state index in [1.165, 1.54) is 11.1 Å². The predicted molar refractivity (Wildman–Crippen MR) is 64.0 cm³/mol. The Morgan fingerprint density at radius 1 is 0.714 bits per heavy atom. The minimum Gasteiger partial charge on any atom is -0.0991 e. The van der Waals surface area contributed by atoms with Crippen LogP contribution in [-0.2, 0) is 0 Å². The van der Waals surface area contributed by atoms with Gasteiger partial charge in [0.2, 0.25) is 0 Å². The highest BCUT2D eigenvalue weighted by Gasteiger charge is 2.04. The van der Waals surface area contributed by atoms with Crippen LogP contribution < -0.4 is 0 Å². The summed E-state index contributed by atoms with van der Waals surface area (Å²) >= 11 is 0. The van der Waals surface area contributed by atoms with E-state index >= 15 is 0 Å². The summed E-state index contributed by atoms with van der Waals surface area (Å²) in [7, 11) is 0. The quantitative estimate of drug-likeness (QED) is 0.578. The lowest BCUT2D eigenvalue weighted by atomic mass is 9.94. The zero-order valence-corrected chi connectivity index (χ0v) is 8.19. The van der Waals surface area contributed by atoms with Crippen molar-refractivity contribution in [2.24, 2.45) is 0 Å². The van der Waals surface area contributed by atoms with Crippen molar-refractivity contribution >= 4 is 0 Å². The first-order chi connectivity index (χ1) is 6.88. The minimum atomic E-state index is 1.25. The average molecular weight is 182 g/mol. The molecule has 1 rings (SSSR count). The third-order valence-corrected chi connectivity index (χ3v) is 1.82. The molecule has 0 bridgehead atoms. The van der Waals surface area contributed by atoms with E-state index in [1.807, 2.05) is 24.3 Å². The molecule has 0 aliphatic heterocycles. The summed E-state index contributed by atoms with van der Waals surface area (Å²) in [6, 6.07) is 0. The van der Waals surface area contributed by atoms with Crippen LogP contribution >= 0.6 is 0 Å². The van der Waals surface area contributed by atoms with Crippen molar-refractivity contribution in [3.05, 3.63) is 85.1 Å². The maximum absolute atomic E-state index is 3.61. The van der Waals surface area contributed by atoms with Gasteiger partial charge in [0.1, 0.15) is 0 Å². The van der Waals surface area contributed by atoms with Crippen molar-refractivity contribution in [1.29, 1.82) is 0 Å². The molecule has 0 aromatic rings. The molecule has 0 N–H and O–H groups in total. The molecule has 0 heteroatoms. The Labute approximate surface area is 85.7 Å². The normalized spacial score (nSPS) is 20.9. The Morgan fingerprint density at radius 2 is 1.14 bits per heavy atom. The average Bonchev–Trinajstić information content (AvgIpc) is 2.17. The molecule has 14 heavy (non-hydrogen) atoms. The SMILES string of the molecule is C=CC=CC=C1C=CC1=CC=CC=C. The van der Waals surface area contributed by atoms with Gasteiger partial charge in [0, 0.05) is 0 Å². The van der Waals surface area contributed by atoms with Gasteiger partial charge in [0.05, 0.1) is 0 Å². The van der Waals surface area contributed by atoms with Crippen LogP contribution in [-0.4, -0.2) is 0 Å². The van der Waals surface area contributed by atoms with Gasteiger partial charge in [-0.15, -0.1) is 0 Å². The van der Waals surface area contributed by atoms with Crippen LogP contribution in [0.3, 0.4) is 0 Å². The van der Waals surface area contributed by atoms with Crippen molar-refractivity contribution in [3.63, 3.8) is 0 Å². The van der Waals surface area contributed by atoms with Gasteiger partial charge in [0.25, 0.3) is 0 Å². The fraction of sp³-hybridized carbons (Fsp3) is 0. The molecule has 0 unspecified atom stereocenters. The molecule has 0 fully saturated rings. The van der Waals surface area contributed by atoms with E-state index in [9.17, 15) is 0 Å². The van der Waals surface area contributed by atoms with Gasteiger partial charge in [-0.25, -0.2) is 0 Å². The highest BCUT2D eigenvalue weighted by atomic mass is 14.1. The van der Waals surface area contributed by atoms with Gasteiger partial charge in [-0.05, 0) is 11.1 Å². The fourth-order valence-corrected chi connectivity index (χ4v) is 1.05. The molecular weight excluding hydrogens is 168 g/mol. The Bertz CT molecular complexity index is 321. The van der Waals surface area contributed by atoms with Crippen LogP contribution in [0.2, 0.25) is 0 Å². The third kappa shape index (κ3) is 2.91. The van der Waals surface area contributed by atoms with Crippen LogP contribution in [0.4, 0.5) is 0 Å². The van der Waals surface area contributed by atoms with Crippen molar-refractivity contribution in [2.75, 3.05) is 0 Å².